The Labute approximate surface area is 110 Å². The average molecular weight is 250 g/mol. The van der Waals surface area contributed by atoms with Gasteiger partial charge in [-0.25, -0.2) is 4.98 Å². The molecular formula is C14H26N4. The topological polar surface area (TPSA) is 47.1 Å². The van der Waals surface area contributed by atoms with Crippen LogP contribution >= 0.6 is 0 Å². The number of imidazole rings is 1. The van der Waals surface area contributed by atoms with Crippen LogP contribution in [0.4, 0.5) is 5.95 Å². The van der Waals surface area contributed by atoms with Crippen LogP contribution in [-0.4, -0.2) is 28.7 Å². The molecule has 0 amide bonds. The number of aryl methyl sites for hydroxylation is 1. The molecule has 4 nitrogen and oxygen atoms in total. The Balaban J connectivity index is 2.13. The molecule has 0 aliphatic carbocycles. The summed E-state index contributed by atoms with van der Waals surface area (Å²) in [7, 11) is 0. The van der Waals surface area contributed by atoms with Crippen molar-refractivity contribution < 1.29 is 0 Å². The molecule has 0 radical (unpaired) electrons. The summed E-state index contributed by atoms with van der Waals surface area (Å²) in [6, 6.07) is 0.282. The summed E-state index contributed by atoms with van der Waals surface area (Å²) in [6.07, 6.45) is 3.35. The maximum Gasteiger partial charge on any atom is 0.205 e. The Kier molecular flexibility index (Phi) is 3.95. The molecule has 2 atom stereocenters. The lowest BCUT2D eigenvalue weighted by Crippen LogP contribution is -2.30. The molecule has 0 spiro atoms. The molecule has 2 heterocycles. The summed E-state index contributed by atoms with van der Waals surface area (Å²) in [5.74, 6) is 2.38. The Hall–Kier alpha value is -1.03. The van der Waals surface area contributed by atoms with Gasteiger partial charge in [0.25, 0.3) is 0 Å². The zero-order chi connectivity index (χ0) is 13.3. The van der Waals surface area contributed by atoms with Gasteiger partial charge in [-0.05, 0) is 32.1 Å². The summed E-state index contributed by atoms with van der Waals surface area (Å²) in [5.41, 5.74) is 7.11. The first kappa shape index (κ1) is 13.4. The Bertz CT molecular complexity index is 394. The normalized spacial score (nSPS) is 21.9. The van der Waals surface area contributed by atoms with Crippen molar-refractivity contribution in [2.75, 3.05) is 18.0 Å². The van der Waals surface area contributed by atoms with Crippen molar-refractivity contribution >= 4 is 5.95 Å². The van der Waals surface area contributed by atoms with Gasteiger partial charge >= 0.3 is 0 Å². The van der Waals surface area contributed by atoms with E-state index in [1.165, 1.54) is 6.42 Å². The van der Waals surface area contributed by atoms with Crippen molar-refractivity contribution in [1.29, 1.82) is 0 Å². The van der Waals surface area contributed by atoms with E-state index >= 15 is 0 Å². The monoisotopic (exact) mass is 250 g/mol. The molecule has 1 aliphatic rings. The van der Waals surface area contributed by atoms with Crippen LogP contribution in [0.1, 0.15) is 32.9 Å². The molecular weight excluding hydrogens is 224 g/mol. The fourth-order valence-corrected chi connectivity index (χ4v) is 2.71. The number of aromatic nitrogens is 2. The predicted molar refractivity (Wildman–Crippen MR) is 75.8 cm³/mol. The summed E-state index contributed by atoms with van der Waals surface area (Å²) in [5, 5.41) is 0. The van der Waals surface area contributed by atoms with E-state index in [2.05, 4.69) is 48.3 Å². The molecule has 18 heavy (non-hydrogen) atoms. The van der Waals surface area contributed by atoms with Crippen LogP contribution in [0.3, 0.4) is 0 Å². The van der Waals surface area contributed by atoms with Crippen molar-refractivity contribution in [1.82, 2.24) is 9.55 Å². The van der Waals surface area contributed by atoms with E-state index in [1.807, 2.05) is 0 Å². The Morgan fingerprint density at radius 1 is 1.44 bits per heavy atom. The Morgan fingerprint density at radius 3 is 2.72 bits per heavy atom. The molecule has 1 fully saturated rings. The highest BCUT2D eigenvalue weighted by molar-refractivity contribution is 5.35. The van der Waals surface area contributed by atoms with Gasteiger partial charge in [-0.15, -0.1) is 0 Å². The third kappa shape index (κ3) is 2.86. The molecule has 2 unspecified atom stereocenters. The molecule has 2 rings (SSSR count). The van der Waals surface area contributed by atoms with E-state index in [0.717, 1.165) is 31.3 Å². The maximum absolute atomic E-state index is 6.01. The summed E-state index contributed by atoms with van der Waals surface area (Å²) >= 11 is 0. The number of nitrogens with two attached hydrogens (primary N) is 1. The molecule has 102 valence electrons. The molecule has 0 saturated carbocycles. The fraction of sp³-hybridized carbons (Fsp3) is 0.786. The summed E-state index contributed by atoms with van der Waals surface area (Å²) in [4.78, 5) is 7.08. The average Bonchev–Trinajstić information content (AvgIpc) is 2.83. The number of hydrogen-bond acceptors (Lipinski definition) is 3. The number of hydrogen-bond donors (Lipinski definition) is 1. The smallest absolute Gasteiger partial charge is 0.205 e. The number of nitrogens with zero attached hydrogens (tertiary/aromatic N) is 3. The molecule has 4 heteroatoms. The largest absolute Gasteiger partial charge is 0.342 e. The van der Waals surface area contributed by atoms with Crippen molar-refractivity contribution in [3.63, 3.8) is 0 Å². The van der Waals surface area contributed by atoms with E-state index in [4.69, 9.17) is 5.73 Å². The molecule has 0 aromatic carbocycles. The summed E-state index contributed by atoms with van der Waals surface area (Å²) < 4.78 is 2.30. The second-order valence-electron chi connectivity index (χ2n) is 6.08. The van der Waals surface area contributed by atoms with E-state index < -0.39 is 0 Å². The molecule has 2 N–H and O–H groups in total. The minimum atomic E-state index is 0.282. The Morgan fingerprint density at radius 2 is 2.17 bits per heavy atom. The first-order valence-corrected chi connectivity index (χ1v) is 7.01. The van der Waals surface area contributed by atoms with Gasteiger partial charge in [0.2, 0.25) is 5.95 Å². The lowest BCUT2D eigenvalue weighted by molar-refractivity contribution is 0.485. The second-order valence-corrected chi connectivity index (χ2v) is 6.08. The molecule has 1 aromatic rings. The van der Waals surface area contributed by atoms with Gasteiger partial charge in [-0.2, -0.15) is 0 Å². The summed E-state index contributed by atoms with van der Waals surface area (Å²) in [6.45, 7) is 11.8. The third-order valence-corrected chi connectivity index (χ3v) is 3.69. The van der Waals surface area contributed by atoms with Crippen molar-refractivity contribution in [3.05, 3.63) is 11.9 Å². The zero-order valence-corrected chi connectivity index (χ0v) is 12.1. The highest BCUT2D eigenvalue weighted by Crippen LogP contribution is 2.25. The van der Waals surface area contributed by atoms with E-state index in [1.54, 1.807) is 0 Å². The van der Waals surface area contributed by atoms with Gasteiger partial charge in [0.05, 0.1) is 5.69 Å². The van der Waals surface area contributed by atoms with Crippen LogP contribution < -0.4 is 10.6 Å². The van der Waals surface area contributed by atoms with Crippen LogP contribution in [0.2, 0.25) is 0 Å². The highest BCUT2D eigenvalue weighted by atomic mass is 15.3. The molecule has 1 aromatic heterocycles. The zero-order valence-electron chi connectivity index (χ0n) is 12.1. The fourth-order valence-electron chi connectivity index (χ4n) is 2.71. The van der Waals surface area contributed by atoms with Gasteiger partial charge < -0.3 is 15.2 Å². The molecule has 1 saturated heterocycles. The van der Waals surface area contributed by atoms with Crippen LogP contribution in [0.5, 0.6) is 0 Å². The lowest BCUT2D eigenvalue weighted by atomic mass is 10.0. The van der Waals surface area contributed by atoms with Crippen LogP contribution in [0.25, 0.3) is 0 Å². The first-order valence-electron chi connectivity index (χ1n) is 7.01. The SMILES string of the molecule is Cc1cn(CC(C)C)c(N2CCC(C(C)N)C2)n1. The number of anilines is 1. The quantitative estimate of drug-likeness (QED) is 0.889. The van der Waals surface area contributed by atoms with Gasteiger partial charge in [0.1, 0.15) is 0 Å². The second kappa shape index (κ2) is 5.31. The van der Waals surface area contributed by atoms with E-state index in [-0.39, 0.29) is 6.04 Å². The predicted octanol–water partition coefficient (Wildman–Crippen LogP) is 2.02. The van der Waals surface area contributed by atoms with Crippen molar-refractivity contribution in [2.24, 2.45) is 17.6 Å². The standard InChI is InChI=1S/C14H26N4/c1-10(2)7-18-8-11(3)16-14(18)17-6-5-13(9-17)12(4)15/h8,10,12-13H,5-7,9,15H2,1-4H3. The lowest BCUT2D eigenvalue weighted by Gasteiger charge is -2.21. The van der Waals surface area contributed by atoms with Crippen molar-refractivity contribution in [2.45, 2.75) is 46.7 Å². The maximum atomic E-state index is 6.01. The molecule has 0 bridgehead atoms. The van der Waals surface area contributed by atoms with Crippen LogP contribution in [-0.2, 0) is 6.54 Å². The van der Waals surface area contributed by atoms with Crippen molar-refractivity contribution in [3.8, 4) is 0 Å². The van der Waals surface area contributed by atoms with Crippen LogP contribution in [0, 0.1) is 18.8 Å². The van der Waals surface area contributed by atoms with Gasteiger partial charge in [0, 0.05) is 31.9 Å². The van der Waals surface area contributed by atoms with Gasteiger partial charge in [-0.1, -0.05) is 13.8 Å². The minimum absolute atomic E-state index is 0.282. The van der Waals surface area contributed by atoms with E-state index in [9.17, 15) is 0 Å². The minimum Gasteiger partial charge on any atom is -0.342 e. The van der Waals surface area contributed by atoms with E-state index in [0.29, 0.717) is 11.8 Å². The number of rotatable bonds is 4. The third-order valence-electron chi connectivity index (χ3n) is 3.69. The van der Waals surface area contributed by atoms with Crippen LogP contribution in [0.15, 0.2) is 6.20 Å². The highest BCUT2D eigenvalue weighted by Gasteiger charge is 2.27. The first-order chi connectivity index (χ1) is 8.47. The molecule has 1 aliphatic heterocycles. The van der Waals surface area contributed by atoms with Gasteiger partial charge in [0.15, 0.2) is 0 Å². The van der Waals surface area contributed by atoms with Gasteiger partial charge in [-0.3, -0.25) is 0 Å².